The SMILES string of the molecule is Cc1ccc(OC(C)C(=O)Nc2ccc(C(=O)NCCNC(=O)c3cccs3)cc2)cc1C. The van der Waals surface area contributed by atoms with Crippen LogP contribution in [0.4, 0.5) is 5.69 Å². The fourth-order valence-corrected chi connectivity index (χ4v) is 3.58. The maximum atomic E-state index is 12.5. The minimum atomic E-state index is -0.681. The minimum absolute atomic E-state index is 0.157. The van der Waals surface area contributed by atoms with Gasteiger partial charge in [-0.2, -0.15) is 0 Å². The number of carbonyl (C=O) groups excluding carboxylic acids is 3. The van der Waals surface area contributed by atoms with E-state index in [1.807, 2.05) is 43.5 Å². The average Bonchev–Trinajstić information content (AvgIpc) is 3.34. The maximum Gasteiger partial charge on any atom is 0.265 e. The van der Waals surface area contributed by atoms with Gasteiger partial charge in [-0.3, -0.25) is 14.4 Å². The van der Waals surface area contributed by atoms with Crippen LogP contribution in [-0.4, -0.2) is 36.9 Å². The number of amides is 3. The van der Waals surface area contributed by atoms with E-state index in [9.17, 15) is 14.4 Å². The van der Waals surface area contributed by atoms with Gasteiger partial charge >= 0.3 is 0 Å². The summed E-state index contributed by atoms with van der Waals surface area (Å²) in [5.74, 6) is -0.0639. The van der Waals surface area contributed by atoms with Crippen LogP contribution < -0.4 is 20.7 Å². The predicted molar refractivity (Wildman–Crippen MR) is 130 cm³/mol. The Hall–Kier alpha value is -3.65. The molecule has 1 unspecified atom stereocenters. The lowest BCUT2D eigenvalue weighted by Gasteiger charge is -2.16. The average molecular weight is 466 g/mol. The summed E-state index contributed by atoms with van der Waals surface area (Å²) in [6.07, 6.45) is -0.681. The van der Waals surface area contributed by atoms with Gasteiger partial charge < -0.3 is 20.7 Å². The Morgan fingerprint density at radius 3 is 2.24 bits per heavy atom. The predicted octanol–water partition coefficient (Wildman–Crippen LogP) is 3.93. The molecule has 7 nitrogen and oxygen atoms in total. The smallest absolute Gasteiger partial charge is 0.265 e. The summed E-state index contributed by atoms with van der Waals surface area (Å²) in [7, 11) is 0. The van der Waals surface area contributed by atoms with E-state index >= 15 is 0 Å². The Bertz CT molecular complexity index is 1110. The molecule has 0 radical (unpaired) electrons. The van der Waals surface area contributed by atoms with Gasteiger partial charge in [0.25, 0.3) is 17.7 Å². The van der Waals surface area contributed by atoms with Crippen molar-refractivity contribution in [3.8, 4) is 5.75 Å². The molecule has 0 aliphatic heterocycles. The zero-order valence-electron chi connectivity index (χ0n) is 18.8. The molecule has 0 aliphatic rings. The number of ether oxygens (including phenoxy) is 1. The highest BCUT2D eigenvalue weighted by molar-refractivity contribution is 7.12. The van der Waals surface area contributed by atoms with Crippen molar-refractivity contribution >= 4 is 34.7 Å². The quantitative estimate of drug-likeness (QED) is 0.417. The number of anilines is 1. The van der Waals surface area contributed by atoms with Crippen LogP contribution in [0.2, 0.25) is 0 Å². The number of carbonyl (C=O) groups is 3. The zero-order valence-corrected chi connectivity index (χ0v) is 19.6. The summed E-state index contributed by atoms with van der Waals surface area (Å²) in [6.45, 7) is 6.33. The summed E-state index contributed by atoms with van der Waals surface area (Å²) in [6, 6.07) is 15.8. The number of benzene rings is 2. The molecule has 8 heteroatoms. The molecular formula is C25H27N3O4S. The Labute approximate surface area is 197 Å². The molecule has 0 saturated heterocycles. The van der Waals surface area contributed by atoms with Gasteiger partial charge in [0.05, 0.1) is 4.88 Å². The van der Waals surface area contributed by atoms with Crippen molar-refractivity contribution in [2.45, 2.75) is 26.9 Å². The van der Waals surface area contributed by atoms with Gasteiger partial charge in [0.15, 0.2) is 6.10 Å². The van der Waals surface area contributed by atoms with Crippen LogP contribution in [0.3, 0.4) is 0 Å². The topological polar surface area (TPSA) is 96.5 Å². The number of aryl methyl sites for hydroxylation is 2. The lowest BCUT2D eigenvalue weighted by Crippen LogP contribution is -2.34. The first-order valence-corrected chi connectivity index (χ1v) is 11.5. The molecule has 33 heavy (non-hydrogen) atoms. The molecule has 0 spiro atoms. The van der Waals surface area contributed by atoms with Crippen molar-refractivity contribution in [1.82, 2.24) is 10.6 Å². The Morgan fingerprint density at radius 2 is 1.61 bits per heavy atom. The molecule has 1 heterocycles. The second-order valence-electron chi connectivity index (χ2n) is 7.56. The van der Waals surface area contributed by atoms with Crippen molar-refractivity contribution < 1.29 is 19.1 Å². The molecule has 3 amide bonds. The van der Waals surface area contributed by atoms with Crippen LogP contribution in [0, 0.1) is 13.8 Å². The fourth-order valence-electron chi connectivity index (χ4n) is 2.94. The van der Waals surface area contributed by atoms with Gasteiger partial charge in [0.2, 0.25) is 0 Å². The maximum absolute atomic E-state index is 12.5. The van der Waals surface area contributed by atoms with E-state index in [0.29, 0.717) is 35.0 Å². The largest absolute Gasteiger partial charge is 0.481 e. The lowest BCUT2D eigenvalue weighted by atomic mass is 10.1. The van der Waals surface area contributed by atoms with E-state index in [1.54, 1.807) is 37.3 Å². The molecule has 0 fully saturated rings. The first-order valence-electron chi connectivity index (χ1n) is 10.6. The highest BCUT2D eigenvalue weighted by Crippen LogP contribution is 2.18. The number of nitrogens with one attached hydrogen (secondary N) is 3. The third kappa shape index (κ3) is 6.92. The van der Waals surface area contributed by atoms with E-state index < -0.39 is 6.10 Å². The first-order chi connectivity index (χ1) is 15.8. The van der Waals surface area contributed by atoms with Crippen LogP contribution in [0.25, 0.3) is 0 Å². The number of hydrogen-bond donors (Lipinski definition) is 3. The van der Waals surface area contributed by atoms with Crippen molar-refractivity contribution in [2.24, 2.45) is 0 Å². The second kappa shape index (κ2) is 11.3. The van der Waals surface area contributed by atoms with Gasteiger partial charge in [-0.05, 0) is 79.7 Å². The van der Waals surface area contributed by atoms with Crippen LogP contribution >= 0.6 is 11.3 Å². The second-order valence-corrected chi connectivity index (χ2v) is 8.51. The van der Waals surface area contributed by atoms with Crippen molar-refractivity contribution in [2.75, 3.05) is 18.4 Å². The Balaban J connectivity index is 1.43. The number of thiophene rings is 1. The molecule has 2 aromatic carbocycles. The highest BCUT2D eigenvalue weighted by atomic mass is 32.1. The summed E-state index contributed by atoms with van der Waals surface area (Å²) in [5.41, 5.74) is 3.28. The van der Waals surface area contributed by atoms with E-state index in [1.165, 1.54) is 11.3 Å². The van der Waals surface area contributed by atoms with E-state index in [4.69, 9.17) is 4.74 Å². The van der Waals surface area contributed by atoms with Gasteiger partial charge in [-0.15, -0.1) is 11.3 Å². The Kier molecular flexibility index (Phi) is 8.21. The zero-order chi connectivity index (χ0) is 23.8. The number of rotatable bonds is 9. The molecule has 0 aliphatic carbocycles. The fraction of sp³-hybridized carbons (Fsp3) is 0.240. The summed E-state index contributed by atoms with van der Waals surface area (Å²) >= 11 is 1.36. The van der Waals surface area contributed by atoms with Crippen LogP contribution in [0.5, 0.6) is 5.75 Å². The molecule has 1 aromatic heterocycles. The van der Waals surface area contributed by atoms with Gasteiger partial charge in [0.1, 0.15) is 5.75 Å². The van der Waals surface area contributed by atoms with Crippen LogP contribution in [0.15, 0.2) is 60.0 Å². The van der Waals surface area contributed by atoms with E-state index in [2.05, 4.69) is 16.0 Å². The van der Waals surface area contributed by atoms with Gasteiger partial charge in [0, 0.05) is 24.3 Å². The third-order valence-corrected chi connectivity index (χ3v) is 5.88. The van der Waals surface area contributed by atoms with Crippen LogP contribution in [-0.2, 0) is 4.79 Å². The molecule has 0 saturated carbocycles. The highest BCUT2D eigenvalue weighted by Gasteiger charge is 2.15. The number of hydrogen-bond acceptors (Lipinski definition) is 5. The van der Waals surface area contributed by atoms with Crippen molar-refractivity contribution in [1.29, 1.82) is 0 Å². The van der Waals surface area contributed by atoms with E-state index in [0.717, 1.165) is 11.1 Å². The summed E-state index contributed by atoms with van der Waals surface area (Å²) in [4.78, 5) is 37.2. The summed E-state index contributed by atoms with van der Waals surface area (Å²) in [5, 5.41) is 10.1. The monoisotopic (exact) mass is 465 g/mol. The molecule has 3 aromatic rings. The van der Waals surface area contributed by atoms with Crippen molar-refractivity contribution in [3.63, 3.8) is 0 Å². The van der Waals surface area contributed by atoms with E-state index in [-0.39, 0.29) is 17.7 Å². The summed E-state index contributed by atoms with van der Waals surface area (Å²) < 4.78 is 5.74. The van der Waals surface area contributed by atoms with Crippen LogP contribution in [0.1, 0.15) is 38.1 Å². The third-order valence-electron chi connectivity index (χ3n) is 5.02. The molecule has 0 bridgehead atoms. The lowest BCUT2D eigenvalue weighted by molar-refractivity contribution is -0.122. The molecule has 3 N–H and O–H groups in total. The van der Waals surface area contributed by atoms with Gasteiger partial charge in [-0.1, -0.05) is 12.1 Å². The Morgan fingerprint density at radius 1 is 0.909 bits per heavy atom. The minimum Gasteiger partial charge on any atom is -0.481 e. The molecule has 1 atom stereocenters. The normalized spacial score (nSPS) is 11.4. The van der Waals surface area contributed by atoms with Gasteiger partial charge in [-0.25, -0.2) is 0 Å². The molecule has 172 valence electrons. The first kappa shape index (κ1) is 24.0. The standard InChI is InChI=1S/C25H27N3O4S/c1-16-6-11-21(15-17(16)2)32-18(3)23(29)28-20-9-7-19(8-10-20)24(30)26-12-13-27-25(31)22-5-4-14-33-22/h4-11,14-15,18H,12-13H2,1-3H3,(H,26,30)(H,27,31)(H,28,29). The van der Waals surface area contributed by atoms with Crippen molar-refractivity contribution in [3.05, 3.63) is 81.5 Å². The molecular weight excluding hydrogens is 438 g/mol. The molecule has 3 rings (SSSR count).